The maximum Gasteiger partial charge on any atom is 0.407 e. The number of anilines is 1. The summed E-state index contributed by atoms with van der Waals surface area (Å²) in [6, 6.07) is 8.31. The molecule has 0 atom stereocenters. The third-order valence-electron chi connectivity index (χ3n) is 3.30. The summed E-state index contributed by atoms with van der Waals surface area (Å²) in [6.07, 6.45) is -0.415. The normalized spacial score (nSPS) is 11.7. The Hall–Kier alpha value is -2.44. The van der Waals surface area contributed by atoms with E-state index < -0.39 is 11.7 Å². The van der Waals surface area contributed by atoms with Gasteiger partial charge in [-0.15, -0.1) is 0 Å². The van der Waals surface area contributed by atoms with Gasteiger partial charge < -0.3 is 25.6 Å². The molecule has 0 aliphatic heterocycles. The quantitative estimate of drug-likeness (QED) is 0.394. The van der Waals surface area contributed by atoms with Crippen LogP contribution >= 0.6 is 0 Å². The lowest BCUT2D eigenvalue weighted by Gasteiger charge is -2.20. The average Bonchev–Trinajstić information content (AvgIpc) is 2.55. The summed E-state index contributed by atoms with van der Waals surface area (Å²) in [6.45, 7) is 9.90. The van der Waals surface area contributed by atoms with E-state index in [4.69, 9.17) is 4.74 Å². The molecule has 1 rings (SSSR count). The minimum atomic E-state index is -0.490. The number of nitrogens with one attached hydrogen (secondary N) is 3. The molecule has 0 fully saturated rings. The van der Waals surface area contributed by atoms with E-state index in [0.29, 0.717) is 19.6 Å². The Morgan fingerprint density at radius 3 is 2.23 bits per heavy atom. The van der Waals surface area contributed by atoms with Gasteiger partial charge in [0.2, 0.25) is 0 Å². The van der Waals surface area contributed by atoms with Gasteiger partial charge in [0, 0.05) is 39.4 Å². The lowest BCUT2D eigenvalue weighted by atomic mass is 10.2. The van der Waals surface area contributed by atoms with Crippen molar-refractivity contribution in [3.63, 3.8) is 0 Å². The van der Waals surface area contributed by atoms with Crippen LogP contribution in [-0.2, 0) is 11.3 Å². The average molecular weight is 364 g/mol. The van der Waals surface area contributed by atoms with E-state index >= 15 is 0 Å². The van der Waals surface area contributed by atoms with Gasteiger partial charge in [-0.25, -0.2) is 9.79 Å². The van der Waals surface area contributed by atoms with E-state index in [1.165, 1.54) is 0 Å². The Kier molecular flexibility index (Phi) is 8.75. The zero-order valence-corrected chi connectivity index (χ0v) is 16.8. The smallest absolute Gasteiger partial charge is 0.407 e. The van der Waals surface area contributed by atoms with E-state index in [0.717, 1.165) is 23.8 Å². The van der Waals surface area contributed by atoms with Crippen molar-refractivity contribution < 1.29 is 9.53 Å². The van der Waals surface area contributed by atoms with Gasteiger partial charge in [-0.05, 0) is 45.4 Å². The predicted octanol–water partition coefficient (Wildman–Crippen LogP) is 2.33. The molecule has 26 heavy (non-hydrogen) atoms. The van der Waals surface area contributed by atoms with E-state index in [9.17, 15) is 4.79 Å². The molecule has 0 unspecified atom stereocenters. The number of alkyl carbamates (subject to hydrolysis) is 1. The van der Waals surface area contributed by atoms with Crippen molar-refractivity contribution in [1.29, 1.82) is 0 Å². The molecule has 3 N–H and O–H groups in total. The molecule has 146 valence electrons. The molecule has 1 amide bonds. The van der Waals surface area contributed by atoms with E-state index in [1.807, 2.05) is 41.8 Å². The van der Waals surface area contributed by atoms with Gasteiger partial charge in [0.15, 0.2) is 5.96 Å². The first-order valence-corrected chi connectivity index (χ1v) is 8.96. The number of aliphatic imine (C=N–C) groups is 1. The fourth-order valence-corrected chi connectivity index (χ4v) is 2.07. The van der Waals surface area contributed by atoms with Crippen molar-refractivity contribution in [2.45, 2.75) is 39.8 Å². The van der Waals surface area contributed by atoms with Crippen LogP contribution in [0.25, 0.3) is 0 Å². The lowest BCUT2D eigenvalue weighted by molar-refractivity contribution is 0.0529. The fraction of sp³-hybridized carbons (Fsp3) is 0.579. The molecule has 0 radical (unpaired) electrons. The molecule has 7 heteroatoms. The highest BCUT2D eigenvalue weighted by molar-refractivity contribution is 5.79. The van der Waals surface area contributed by atoms with Gasteiger partial charge in [-0.2, -0.15) is 0 Å². The van der Waals surface area contributed by atoms with Crippen LogP contribution < -0.4 is 20.9 Å². The topological polar surface area (TPSA) is 78.0 Å². The molecular weight excluding hydrogens is 330 g/mol. The Morgan fingerprint density at radius 2 is 1.69 bits per heavy atom. The van der Waals surface area contributed by atoms with E-state index in [1.54, 1.807) is 0 Å². The summed E-state index contributed by atoms with van der Waals surface area (Å²) < 4.78 is 5.20. The number of carbonyl (C=O) groups excluding carboxylic acids is 1. The Bertz CT molecular complexity index is 577. The van der Waals surface area contributed by atoms with Gasteiger partial charge in [0.25, 0.3) is 0 Å². The number of carbonyl (C=O) groups is 1. The molecule has 0 bridgehead atoms. The van der Waals surface area contributed by atoms with Crippen molar-refractivity contribution in [1.82, 2.24) is 16.0 Å². The maximum atomic E-state index is 11.6. The number of benzene rings is 1. The monoisotopic (exact) mass is 363 g/mol. The number of rotatable bonds is 7. The molecule has 1 aromatic rings. The summed E-state index contributed by atoms with van der Waals surface area (Å²) in [5, 5.41) is 9.11. The molecule has 7 nitrogen and oxygen atoms in total. The molecule has 0 spiro atoms. The number of hydrogen-bond donors (Lipinski definition) is 3. The number of hydrogen-bond acceptors (Lipinski definition) is 4. The number of nitrogens with zero attached hydrogens (tertiary/aromatic N) is 2. The largest absolute Gasteiger partial charge is 0.444 e. The van der Waals surface area contributed by atoms with Crippen LogP contribution in [0.1, 0.15) is 33.3 Å². The van der Waals surface area contributed by atoms with Crippen molar-refractivity contribution in [2.75, 3.05) is 38.6 Å². The summed E-state index contributed by atoms with van der Waals surface area (Å²) >= 11 is 0. The van der Waals surface area contributed by atoms with Crippen molar-refractivity contribution in [3.05, 3.63) is 29.8 Å². The summed E-state index contributed by atoms with van der Waals surface area (Å²) in [5.74, 6) is 0.718. The Morgan fingerprint density at radius 1 is 1.08 bits per heavy atom. The predicted molar refractivity (Wildman–Crippen MR) is 108 cm³/mol. The first kappa shape index (κ1) is 21.6. The number of amides is 1. The Balaban J connectivity index is 2.44. The second-order valence-electron chi connectivity index (χ2n) is 7.11. The first-order valence-electron chi connectivity index (χ1n) is 8.96. The van der Waals surface area contributed by atoms with Crippen molar-refractivity contribution >= 4 is 17.7 Å². The highest BCUT2D eigenvalue weighted by Gasteiger charge is 2.15. The third kappa shape index (κ3) is 9.15. The van der Waals surface area contributed by atoms with Gasteiger partial charge in [-0.3, -0.25) is 0 Å². The molecule has 0 aromatic heterocycles. The third-order valence-corrected chi connectivity index (χ3v) is 3.30. The summed E-state index contributed by atoms with van der Waals surface area (Å²) in [4.78, 5) is 18.2. The molecule has 0 saturated heterocycles. The summed E-state index contributed by atoms with van der Waals surface area (Å²) in [5.41, 5.74) is 1.81. The lowest BCUT2D eigenvalue weighted by Crippen LogP contribution is -2.42. The van der Waals surface area contributed by atoms with Crippen LogP contribution in [0, 0.1) is 0 Å². The van der Waals surface area contributed by atoms with Crippen LogP contribution in [0.5, 0.6) is 0 Å². The molecule has 0 aliphatic rings. The molecule has 0 heterocycles. The minimum Gasteiger partial charge on any atom is -0.444 e. The Labute approximate surface area is 157 Å². The molecular formula is C19H33N5O2. The first-order chi connectivity index (χ1) is 12.2. The highest BCUT2D eigenvalue weighted by atomic mass is 16.6. The zero-order chi connectivity index (χ0) is 19.6. The van der Waals surface area contributed by atoms with Gasteiger partial charge in [0.1, 0.15) is 5.60 Å². The van der Waals surface area contributed by atoms with Crippen molar-refractivity contribution in [3.8, 4) is 0 Å². The van der Waals surface area contributed by atoms with Gasteiger partial charge >= 0.3 is 6.09 Å². The van der Waals surface area contributed by atoms with Gasteiger partial charge in [0.05, 0.1) is 6.54 Å². The number of ether oxygens (including phenoxy) is 1. The van der Waals surface area contributed by atoms with Gasteiger partial charge in [-0.1, -0.05) is 12.1 Å². The molecule has 1 aromatic carbocycles. The highest BCUT2D eigenvalue weighted by Crippen LogP contribution is 2.12. The SMILES string of the molecule is CCNC(=NCc1ccc(N(C)C)cc1)NCCNC(=O)OC(C)(C)C. The van der Waals surface area contributed by atoms with E-state index in [2.05, 4.69) is 50.1 Å². The molecule has 0 saturated carbocycles. The van der Waals surface area contributed by atoms with Crippen LogP contribution in [0.3, 0.4) is 0 Å². The zero-order valence-electron chi connectivity index (χ0n) is 16.8. The van der Waals surface area contributed by atoms with Crippen LogP contribution in [0.2, 0.25) is 0 Å². The fourth-order valence-electron chi connectivity index (χ4n) is 2.07. The van der Waals surface area contributed by atoms with Crippen molar-refractivity contribution in [2.24, 2.45) is 4.99 Å². The summed E-state index contributed by atoms with van der Waals surface area (Å²) in [7, 11) is 4.04. The molecule has 0 aliphatic carbocycles. The standard InChI is InChI=1S/C19H33N5O2/c1-7-20-17(21-12-13-22-18(25)26-19(2,3)4)23-14-15-8-10-16(11-9-15)24(5)6/h8-11H,7,12-14H2,1-6H3,(H,22,25)(H2,20,21,23). The second kappa shape index (κ2) is 10.5. The number of guanidine groups is 1. The van der Waals surface area contributed by atoms with Crippen LogP contribution in [0.15, 0.2) is 29.3 Å². The minimum absolute atomic E-state index is 0.415. The second-order valence-corrected chi connectivity index (χ2v) is 7.11. The van der Waals surface area contributed by atoms with E-state index in [-0.39, 0.29) is 0 Å². The maximum absolute atomic E-state index is 11.6. The van der Waals surface area contributed by atoms with Crippen LogP contribution in [-0.4, -0.2) is 51.4 Å². The van der Waals surface area contributed by atoms with Crippen LogP contribution in [0.4, 0.5) is 10.5 Å².